The first-order chi connectivity index (χ1) is 10.5. The number of likely N-dealkylation sites (N-methyl/N-ethyl adjacent to an activating group) is 1. The third-order valence-corrected chi connectivity index (χ3v) is 4.43. The Morgan fingerprint density at radius 3 is 2.82 bits per heavy atom. The highest BCUT2D eigenvalue weighted by atomic mass is 16.5. The van der Waals surface area contributed by atoms with Gasteiger partial charge >= 0.3 is 0 Å². The number of hydrogen-bond acceptors (Lipinski definition) is 4. The van der Waals surface area contributed by atoms with Crippen molar-refractivity contribution in [2.75, 3.05) is 33.8 Å². The van der Waals surface area contributed by atoms with E-state index in [9.17, 15) is 4.79 Å². The van der Waals surface area contributed by atoms with Gasteiger partial charge in [-0.1, -0.05) is 12.1 Å². The van der Waals surface area contributed by atoms with Crippen LogP contribution in [0.2, 0.25) is 0 Å². The van der Waals surface area contributed by atoms with E-state index in [1.807, 2.05) is 30.0 Å². The van der Waals surface area contributed by atoms with Gasteiger partial charge in [-0.2, -0.15) is 0 Å². The van der Waals surface area contributed by atoms with Crippen molar-refractivity contribution in [1.29, 1.82) is 0 Å². The lowest BCUT2D eigenvalue weighted by Crippen LogP contribution is -2.52. The summed E-state index contributed by atoms with van der Waals surface area (Å²) in [6.45, 7) is 6.50. The summed E-state index contributed by atoms with van der Waals surface area (Å²) in [6.07, 6.45) is 0. The molecule has 0 unspecified atom stereocenters. The Bertz CT molecular complexity index is 707. The second-order valence-corrected chi connectivity index (χ2v) is 6.00. The fraction of sp³-hybridized carbons (Fsp3) is 0.471. The minimum Gasteiger partial charge on any atom is -0.493 e. The summed E-state index contributed by atoms with van der Waals surface area (Å²) in [4.78, 5) is 17.0. The van der Waals surface area contributed by atoms with Crippen molar-refractivity contribution in [3.8, 4) is 5.75 Å². The summed E-state index contributed by atoms with van der Waals surface area (Å²) in [5.74, 6) is 1.05. The second kappa shape index (κ2) is 5.65. The lowest BCUT2D eigenvalue weighted by Gasteiger charge is -2.37. The zero-order valence-corrected chi connectivity index (χ0v) is 13.5. The molecule has 1 aromatic carbocycles. The summed E-state index contributed by atoms with van der Waals surface area (Å²) < 4.78 is 11.2. The predicted octanol–water partition coefficient (Wildman–Crippen LogP) is 2.53. The van der Waals surface area contributed by atoms with Crippen molar-refractivity contribution in [2.24, 2.45) is 0 Å². The number of rotatable bonds is 2. The number of ether oxygens (including phenoxy) is 1. The first-order valence-electron chi connectivity index (χ1n) is 7.58. The molecule has 5 nitrogen and oxygen atoms in total. The molecule has 1 aliphatic heterocycles. The minimum atomic E-state index is -0.0312. The monoisotopic (exact) mass is 302 g/mol. The lowest BCUT2D eigenvalue weighted by atomic mass is 10.1. The zero-order chi connectivity index (χ0) is 15.9. The number of carbonyl (C=O) groups is 1. The first kappa shape index (κ1) is 14.9. The van der Waals surface area contributed by atoms with Crippen molar-refractivity contribution in [2.45, 2.75) is 19.9 Å². The van der Waals surface area contributed by atoms with Gasteiger partial charge < -0.3 is 19.0 Å². The van der Waals surface area contributed by atoms with Gasteiger partial charge in [0.1, 0.15) is 0 Å². The number of methoxy groups -OCH3 is 1. The smallest absolute Gasteiger partial charge is 0.290 e. The van der Waals surface area contributed by atoms with Gasteiger partial charge in [0.2, 0.25) is 0 Å². The molecule has 1 saturated heterocycles. The number of hydrogen-bond donors (Lipinski definition) is 0. The largest absolute Gasteiger partial charge is 0.493 e. The van der Waals surface area contributed by atoms with E-state index < -0.39 is 0 Å². The van der Waals surface area contributed by atoms with E-state index in [0.29, 0.717) is 17.1 Å². The van der Waals surface area contributed by atoms with Crippen LogP contribution in [-0.4, -0.2) is 55.5 Å². The molecule has 2 aromatic rings. The Hall–Kier alpha value is -2.01. The molecule has 5 heteroatoms. The highest BCUT2D eigenvalue weighted by Crippen LogP contribution is 2.33. The maximum absolute atomic E-state index is 12.9. The van der Waals surface area contributed by atoms with E-state index in [-0.39, 0.29) is 11.9 Å². The molecule has 1 aromatic heterocycles. The van der Waals surface area contributed by atoms with Gasteiger partial charge in [-0.25, -0.2) is 0 Å². The van der Waals surface area contributed by atoms with Crippen LogP contribution in [-0.2, 0) is 0 Å². The molecule has 3 rings (SSSR count). The molecule has 0 saturated carbocycles. The number of fused-ring (bicyclic) bond motifs is 1. The van der Waals surface area contributed by atoms with Gasteiger partial charge in [0.25, 0.3) is 5.91 Å². The zero-order valence-electron chi connectivity index (χ0n) is 13.5. The van der Waals surface area contributed by atoms with Crippen molar-refractivity contribution in [3.05, 3.63) is 29.5 Å². The van der Waals surface area contributed by atoms with Crippen molar-refractivity contribution >= 4 is 16.9 Å². The van der Waals surface area contributed by atoms with Gasteiger partial charge in [0.15, 0.2) is 17.1 Å². The Balaban J connectivity index is 1.99. The van der Waals surface area contributed by atoms with E-state index in [1.54, 1.807) is 7.11 Å². The number of furan rings is 1. The Morgan fingerprint density at radius 1 is 1.36 bits per heavy atom. The van der Waals surface area contributed by atoms with Crippen molar-refractivity contribution < 1.29 is 13.9 Å². The Labute approximate surface area is 130 Å². The van der Waals surface area contributed by atoms with E-state index in [2.05, 4.69) is 18.9 Å². The van der Waals surface area contributed by atoms with E-state index in [0.717, 1.165) is 30.6 Å². The summed E-state index contributed by atoms with van der Waals surface area (Å²) in [6, 6.07) is 5.90. The average Bonchev–Trinajstić information content (AvgIpc) is 2.84. The lowest BCUT2D eigenvalue weighted by molar-refractivity contribution is 0.0504. The van der Waals surface area contributed by atoms with E-state index >= 15 is 0 Å². The van der Waals surface area contributed by atoms with Crippen LogP contribution in [0.15, 0.2) is 22.6 Å². The third-order valence-electron chi connectivity index (χ3n) is 4.43. The molecule has 0 aliphatic carbocycles. The maximum atomic E-state index is 12.9. The van der Waals surface area contributed by atoms with Crippen LogP contribution >= 0.6 is 0 Å². The number of benzene rings is 1. The number of carbonyl (C=O) groups excluding carboxylic acids is 1. The molecule has 1 atom stereocenters. The average molecular weight is 302 g/mol. The summed E-state index contributed by atoms with van der Waals surface area (Å²) >= 11 is 0. The van der Waals surface area contributed by atoms with Crippen molar-refractivity contribution in [1.82, 2.24) is 9.80 Å². The highest BCUT2D eigenvalue weighted by Gasteiger charge is 2.30. The molecule has 1 fully saturated rings. The topological polar surface area (TPSA) is 45.9 Å². The van der Waals surface area contributed by atoms with Crippen LogP contribution in [0.5, 0.6) is 5.75 Å². The van der Waals surface area contributed by atoms with Crippen LogP contribution in [0.4, 0.5) is 0 Å². The summed E-state index contributed by atoms with van der Waals surface area (Å²) in [5, 5.41) is 0.935. The van der Waals surface area contributed by atoms with Crippen LogP contribution < -0.4 is 4.74 Å². The highest BCUT2D eigenvalue weighted by molar-refractivity contribution is 6.00. The Morgan fingerprint density at radius 2 is 2.14 bits per heavy atom. The van der Waals surface area contributed by atoms with Crippen LogP contribution in [0.3, 0.4) is 0 Å². The molecule has 1 amide bonds. The van der Waals surface area contributed by atoms with Gasteiger partial charge in [0.05, 0.1) is 7.11 Å². The summed E-state index contributed by atoms with van der Waals surface area (Å²) in [7, 11) is 3.69. The molecule has 0 spiro atoms. The molecule has 0 N–H and O–H groups in total. The number of amides is 1. The molecule has 22 heavy (non-hydrogen) atoms. The normalized spacial score (nSPS) is 19.6. The fourth-order valence-corrected chi connectivity index (χ4v) is 3.15. The molecule has 0 radical (unpaired) electrons. The molecular formula is C17H22N2O3. The predicted molar refractivity (Wildman–Crippen MR) is 85.5 cm³/mol. The van der Waals surface area contributed by atoms with Crippen molar-refractivity contribution in [3.63, 3.8) is 0 Å². The maximum Gasteiger partial charge on any atom is 0.290 e. The van der Waals surface area contributed by atoms with Gasteiger partial charge in [-0.15, -0.1) is 0 Å². The second-order valence-electron chi connectivity index (χ2n) is 6.00. The quantitative estimate of drug-likeness (QED) is 0.855. The van der Waals surface area contributed by atoms with E-state index in [4.69, 9.17) is 9.15 Å². The number of nitrogens with zero attached hydrogens (tertiary/aromatic N) is 2. The SMILES string of the molecule is COc1cccc2c(C)c(C(=O)N3CCN(C)C[C@H]3C)oc12. The standard InChI is InChI=1S/C17H22N2O3/c1-11-10-18(3)8-9-19(11)17(20)15-12(2)13-6-5-7-14(21-4)16(13)22-15/h5-7,11H,8-10H2,1-4H3/t11-/m1/s1. The van der Waals surface area contributed by atoms with Gasteiger partial charge in [0, 0.05) is 36.6 Å². The number of aryl methyl sites for hydroxylation is 1. The minimum absolute atomic E-state index is 0.0312. The molecule has 118 valence electrons. The first-order valence-corrected chi connectivity index (χ1v) is 7.58. The van der Waals surface area contributed by atoms with Gasteiger partial charge in [-0.05, 0) is 27.0 Å². The van der Waals surface area contributed by atoms with Crippen LogP contribution in [0, 0.1) is 6.92 Å². The molecule has 1 aliphatic rings. The third kappa shape index (κ3) is 2.35. The molecule has 0 bridgehead atoms. The van der Waals surface area contributed by atoms with Gasteiger partial charge in [-0.3, -0.25) is 4.79 Å². The number of para-hydroxylation sites is 1. The molecular weight excluding hydrogens is 280 g/mol. The van der Waals surface area contributed by atoms with Crippen LogP contribution in [0.1, 0.15) is 23.0 Å². The van der Waals surface area contributed by atoms with E-state index in [1.165, 1.54) is 0 Å². The fourth-order valence-electron chi connectivity index (χ4n) is 3.15. The van der Waals surface area contributed by atoms with Crippen LogP contribution in [0.25, 0.3) is 11.0 Å². The molecule has 2 heterocycles. The number of piperazine rings is 1. The summed E-state index contributed by atoms with van der Waals surface area (Å²) in [5.41, 5.74) is 1.53. The Kier molecular flexibility index (Phi) is 3.83.